The first-order valence-corrected chi connectivity index (χ1v) is 11.2. The molecule has 35 heavy (non-hydrogen) atoms. The Morgan fingerprint density at radius 1 is 0.829 bits per heavy atom. The molecule has 4 rings (SSSR count). The smallest absolute Gasteiger partial charge is 0.295 e. The maximum Gasteiger partial charge on any atom is 0.295 e. The van der Waals surface area contributed by atoms with Gasteiger partial charge in [0.25, 0.3) is 11.7 Å². The van der Waals surface area contributed by atoms with E-state index in [-0.39, 0.29) is 17.9 Å². The van der Waals surface area contributed by atoms with E-state index in [0.717, 1.165) is 11.3 Å². The Labute approximate surface area is 204 Å². The maximum atomic E-state index is 13.3. The Bertz CT molecular complexity index is 1260. The number of aliphatic hydroxyl groups is 1. The van der Waals surface area contributed by atoms with Gasteiger partial charge in [-0.3, -0.25) is 9.59 Å². The van der Waals surface area contributed by atoms with Crippen LogP contribution in [0.4, 0.5) is 0 Å². The first-order valence-electron chi connectivity index (χ1n) is 11.2. The fourth-order valence-corrected chi connectivity index (χ4v) is 4.35. The highest BCUT2D eigenvalue weighted by molar-refractivity contribution is 6.46. The number of ketones is 1. The standard InChI is InChI=1S/C28H27NO6/c1-33-19-14-12-18(13-15-19)16-17-29-25(20-8-4-6-10-22(20)34-2)24(27(31)28(29)32)26(30)21-9-5-7-11-23(21)35-3/h4-15,25,30H,16-17H2,1-3H3/b26-24+. The summed E-state index contributed by atoms with van der Waals surface area (Å²) in [6.07, 6.45) is 0.511. The third-order valence-corrected chi connectivity index (χ3v) is 6.14. The number of nitrogens with zero attached hydrogens (tertiary/aromatic N) is 1. The van der Waals surface area contributed by atoms with Gasteiger partial charge in [0.1, 0.15) is 23.0 Å². The Balaban J connectivity index is 1.81. The molecule has 0 bridgehead atoms. The molecule has 1 fully saturated rings. The van der Waals surface area contributed by atoms with Crippen molar-refractivity contribution in [1.82, 2.24) is 4.90 Å². The average Bonchev–Trinajstić information content (AvgIpc) is 3.16. The zero-order valence-corrected chi connectivity index (χ0v) is 19.9. The summed E-state index contributed by atoms with van der Waals surface area (Å²) < 4.78 is 16.2. The zero-order chi connectivity index (χ0) is 24.9. The second kappa shape index (κ2) is 10.3. The predicted molar refractivity (Wildman–Crippen MR) is 132 cm³/mol. The molecule has 1 heterocycles. The second-order valence-corrected chi connectivity index (χ2v) is 8.03. The third kappa shape index (κ3) is 4.57. The third-order valence-electron chi connectivity index (χ3n) is 6.14. The monoisotopic (exact) mass is 473 g/mol. The number of hydrogen-bond donors (Lipinski definition) is 1. The highest BCUT2D eigenvalue weighted by atomic mass is 16.5. The Morgan fingerprint density at radius 3 is 2.11 bits per heavy atom. The first kappa shape index (κ1) is 23.9. The fraction of sp³-hybridized carbons (Fsp3) is 0.214. The lowest BCUT2D eigenvalue weighted by Crippen LogP contribution is -2.31. The maximum absolute atomic E-state index is 13.3. The molecule has 1 atom stereocenters. The topological polar surface area (TPSA) is 85.3 Å². The van der Waals surface area contributed by atoms with Crippen molar-refractivity contribution in [2.75, 3.05) is 27.9 Å². The van der Waals surface area contributed by atoms with Gasteiger partial charge < -0.3 is 24.2 Å². The summed E-state index contributed by atoms with van der Waals surface area (Å²) in [5.41, 5.74) is 1.93. The predicted octanol–water partition coefficient (Wildman–Crippen LogP) is 4.38. The van der Waals surface area contributed by atoms with Gasteiger partial charge in [-0.15, -0.1) is 0 Å². The lowest BCUT2D eigenvalue weighted by molar-refractivity contribution is -0.139. The van der Waals surface area contributed by atoms with Gasteiger partial charge >= 0.3 is 0 Å². The number of methoxy groups -OCH3 is 3. The first-order chi connectivity index (χ1) is 17.0. The van der Waals surface area contributed by atoms with Gasteiger partial charge in [0.15, 0.2) is 0 Å². The van der Waals surface area contributed by atoms with Gasteiger partial charge in [-0.1, -0.05) is 42.5 Å². The van der Waals surface area contributed by atoms with E-state index in [2.05, 4.69) is 0 Å². The highest BCUT2D eigenvalue weighted by Gasteiger charge is 2.47. The Kier molecular flexibility index (Phi) is 7.06. The normalized spacial score (nSPS) is 16.9. The molecule has 3 aromatic rings. The van der Waals surface area contributed by atoms with Gasteiger partial charge in [-0.25, -0.2) is 0 Å². The molecule has 0 aliphatic carbocycles. The molecule has 1 aliphatic rings. The number of ether oxygens (including phenoxy) is 3. The van der Waals surface area contributed by atoms with E-state index in [1.54, 1.807) is 43.5 Å². The van der Waals surface area contributed by atoms with Crippen LogP contribution in [-0.2, 0) is 16.0 Å². The van der Waals surface area contributed by atoms with E-state index in [9.17, 15) is 14.7 Å². The van der Waals surface area contributed by atoms with Gasteiger partial charge in [0.2, 0.25) is 0 Å². The molecular weight excluding hydrogens is 446 g/mol. The number of aliphatic hydroxyl groups excluding tert-OH is 1. The van der Waals surface area contributed by atoms with E-state index in [4.69, 9.17) is 14.2 Å². The van der Waals surface area contributed by atoms with Crippen LogP contribution < -0.4 is 14.2 Å². The fourth-order valence-electron chi connectivity index (χ4n) is 4.35. The second-order valence-electron chi connectivity index (χ2n) is 8.03. The molecule has 1 saturated heterocycles. The average molecular weight is 474 g/mol. The van der Waals surface area contributed by atoms with Crippen molar-refractivity contribution in [2.24, 2.45) is 0 Å². The van der Waals surface area contributed by atoms with Crippen molar-refractivity contribution in [2.45, 2.75) is 12.5 Å². The van der Waals surface area contributed by atoms with E-state index in [0.29, 0.717) is 29.0 Å². The number of hydrogen-bond acceptors (Lipinski definition) is 6. The van der Waals surface area contributed by atoms with Crippen LogP contribution in [-0.4, -0.2) is 49.6 Å². The molecular formula is C28H27NO6. The van der Waals surface area contributed by atoms with Gasteiger partial charge in [-0.05, 0) is 42.3 Å². The van der Waals surface area contributed by atoms with E-state index in [1.165, 1.54) is 19.1 Å². The molecule has 0 radical (unpaired) electrons. The van der Waals surface area contributed by atoms with Crippen LogP contribution in [0.5, 0.6) is 17.2 Å². The minimum absolute atomic E-state index is 0.00118. The van der Waals surface area contributed by atoms with Crippen molar-refractivity contribution in [3.8, 4) is 17.2 Å². The quantitative estimate of drug-likeness (QED) is 0.297. The van der Waals surface area contributed by atoms with Crippen LogP contribution in [0.3, 0.4) is 0 Å². The minimum atomic E-state index is -0.825. The van der Waals surface area contributed by atoms with E-state index >= 15 is 0 Å². The van der Waals surface area contributed by atoms with Crippen molar-refractivity contribution >= 4 is 17.4 Å². The van der Waals surface area contributed by atoms with Crippen molar-refractivity contribution in [1.29, 1.82) is 0 Å². The molecule has 1 aliphatic heterocycles. The van der Waals surface area contributed by atoms with E-state index < -0.39 is 17.7 Å². The number of carbonyl (C=O) groups excluding carboxylic acids is 2. The SMILES string of the molecule is COc1ccc(CCN2C(=O)C(=O)/C(=C(/O)c3ccccc3OC)C2c2ccccc2OC)cc1. The van der Waals surface area contributed by atoms with Crippen LogP contribution in [0.1, 0.15) is 22.7 Å². The number of carbonyl (C=O) groups is 2. The van der Waals surface area contributed by atoms with Crippen LogP contribution in [0.25, 0.3) is 5.76 Å². The number of para-hydroxylation sites is 2. The molecule has 0 aromatic heterocycles. The largest absolute Gasteiger partial charge is 0.507 e. The minimum Gasteiger partial charge on any atom is -0.507 e. The van der Waals surface area contributed by atoms with E-state index in [1.807, 2.05) is 36.4 Å². The molecule has 7 nitrogen and oxygen atoms in total. The zero-order valence-electron chi connectivity index (χ0n) is 19.9. The van der Waals surface area contributed by atoms with Crippen LogP contribution in [0.2, 0.25) is 0 Å². The number of Topliss-reactive ketones (excluding diaryl/α,β-unsaturated/α-hetero) is 1. The molecule has 7 heteroatoms. The summed E-state index contributed by atoms with van der Waals surface area (Å²) in [5.74, 6) is -0.0680. The molecule has 1 N–H and O–H groups in total. The lowest BCUT2D eigenvalue weighted by Gasteiger charge is -2.26. The van der Waals surface area contributed by atoms with Gasteiger partial charge in [-0.2, -0.15) is 0 Å². The van der Waals surface area contributed by atoms with Crippen molar-refractivity contribution in [3.05, 3.63) is 95.1 Å². The van der Waals surface area contributed by atoms with Crippen LogP contribution in [0.15, 0.2) is 78.4 Å². The summed E-state index contributed by atoms with van der Waals surface area (Å²) in [4.78, 5) is 28.0. The molecule has 3 aromatic carbocycles. The number of rotatable bonds is 8. The summed E-state index contributed by atoms with van der Waals surface area (Å²) in [6, 6.07) is 20.7. The van der Waals surface area contributed by atoms with Crippen molar-refractivity contribution in [3.63, 3.8) is 0 Å². The van der Waals surface area contributed by atoms with Gasteiger partial charge in [0.05, 0.1) is 38.5 Å². The van der Waals surface area contributed by atoms with Gasteiger partial charge in [0, 0.05) is 12.1 Å². The highest BCUT2D eigenvalue weighted by Crippen LogP contribution is 2.43. The summed E-state index contributed by atoms with van der Waals surface area (Å²) in [5, 5.41) is 11.3. The summed E-state index contributed by atoms with van der Waals surface area (Å²) >= 11 is 0. The molecule has 1 unspecified atom stereocenters. The molecule has 0 saturated carbocycles. The summed E-state index contributed by atoms with van der Waals surface area (Å²) in [6.45, 7) is 0.266. The Hall–Kier alpha value is -4.26. The van der Waals surface area contributed by atoms with Crippen LogP contribution in [0, 0.1) is 0 Å². The number of benzene rings is 3. The molecule has 180 valence electrons. The number of amides is 1. The van der Waals surface area contributed by atoms with Crippen molar-refractivity contribution < 1.29 is 28.9 Å². The number of likely N-dealkylation sites (tertiary alicyclic amines) is 1. The Morgan fingerprint density at radius 2 is 1.46 bits per heavy atom. The molecule has 1 amide bonds. The summed E-state index contributed by atoms with van der Waals surface area (Å²) in [7, 11) is 4.61. The lowest BCUT2D eigenvalue weighted by atomic mass is 9.94. The van der Waals surface area contributed by atoms with Crippen LogP contribution >= 0.6 is 0 Å². The molecule has 0 spiro atoms.